The summed E-state index contributed by atoms with van der Waals surface area (Å²) >= 11 is 0. The van der Waals surface area contributed by atoms with Crippen molar-refractivity contribution in [2.24, 2.45) is 17.8 Å². The summed E-state index contributed by atoms with van der Waals surface area (Å²) in [6.07, 6.45) is 2.19. The van der Waals surface area contributed by atoms with Gasteiger partial charge in [-0.15, -0.1) is 0 Å². The highest BCUT2D eigenvalue weighted by atomic mass is 16.2. The molecule has 0 saturated heterocycles. The van der Waals surface area contributed by atoms with E-state index in [4.69, 9.17) is 0 Å². The number of aldehydes is 1. The molecule has 0 aromatic carbocycles. The molecule has 0 aliphatic heterocycles. The minimum Gasteiger partial charge on any atom is -0.345 e. The van der Waals surface area contributed by atoms with Gasteiger partial charge >= 0.3 is 0 Å². The Balaban J connectivity index is 5.19. The molecular formula is C20H37N3O4. The van der Waals surface area contributed by atoms with Gasteiger partial charge < -0.3 is 20.7 Å². The molecule has 3 amide bonds. The van der Waals surface area contributed by atoms with Crippen molar-refractivity contribution >= 4 is 24.0 Å². The SMILES string of the molecule is CC(=O)N[C@@H](CC(C)C)C(=O)N[C@H](CC(C)C)C(=O)N[C@@H](C=O)CC(C)C. The second-order valence-corrected chi connectivity index (χ2v) is 8.45. The van der Waals surface area contributed by atoms with E-state index in [-0.39, 0.29) is 35.5 Å². The van der Waals surface area contributed by atoms with Gasteiger partial charge in [0.05, 0.1) is 6.04 Å². The van der Waals surface area contributed by atoms with Crippen LogP contribution >= 0.6 is 0 Å². The van der Waals surface area contributed by atoms with Crippen molar-refractivity contribution in [2.45, 2.75) is 85.9 Å². The van der Waals surface area contributed by atoms with Crippen LogP contribution in [-0.2, 0) is 19.2 Å². The Labute approximate surface area is 163 Å². The van der Waals surface area contributed by atoms with Gasteiger partial charge in [-0.1, -0.05) is 41.5 Å². The van der Waals surface area contributed by atoms with E-state index in [1.54, 1.807) is 0 Å². The van der Waals surface area contributed by atoms with Crippen molar-refractivity contribution in [3.63, 3.8) is 0 Å². The first-order chi connectivity index (χ1) is 12.5. The van der Waals surface area contributed by atoms with E-state index in [0.29, 0.717) is 19.3 Å². The van der Waals surface area contributed by atoms with Crippen LogP contribution in [0.25, 0.3) is 0 Å². The van der Waals surface area contributed by atoms with E-state index < -0.39 is 18.1 Å². The summed E-state index contributed by atoms with van der Waals surface area (Å²) in [6.45, 7) is 13.1. The normalized spacial score (nSPS) is 14.6. The summed E-state index contributed by atoms with van der Waals surface area (Å²) in [5.74, 6) is -0.416. The number of carbonyl (C=O) groups excluding carboxylic acids is 4. The van der Waals surface area contributed by atoms with Gasteiger partial charge in [0, 0.05) is 6.92 Å². The monoisotopic (exact) mass is 383 g/mol. The second-order valence-electron chi connectivity index (χ2n) is 8.45. The highest BCUT2D eigenvalue weighted by molar-refractivity contribution is 5.92. The first kappa shape index (κ1) is 25.1. The molecule has 27 heavy (non-hydrogen) atoms. The van der Waals surface area contributed by atoms with Crippen LogP contribution in [0.15, 0.2) is 0 Å². The fraction of sp³-hybridized carbons (Fsp3) is 0.800. The molecule has 0 rings (SSSR count). The van der Waals surface area contributed by atoms with Crippen LogP contribution in [0.5, 0.6) is 0 Å². The van der Waals surface area contributed by atoms with Crippen LogP contribution in [0.4, 0.5) is 0 Å². The maximum atomic E-state index is 12.7. The average Bonchev–Trinajstić information content (AvgIpc) is 2.50. The first-order valence-corrected chi connectivity index (χ1v) is 9.79. The zero-order valence-electron chi connectivity index (χ0n) is 17.8. The smallest absolute Gasteiger partial charge is 0.243 e. The minimum absolute atomic E-state index is 0.171. The fourth-order valence-corrected chi connectivity index (χ4v) is 2.86. The van der Waals surface area contributed by atoms with Crippen molar-refractivity contribution in [1.82, 2.24) is 16.0 Å². The van der Waals surface area contributed by atoms with Crippen molar-refractivity contribution < 1.29 is 19.2 Å². The number of hydrogen-bond acceptors (Lipinski definition) is 4. The zero-order chi connectivity index (χ0) is 21.1. The molecule has 0 bridgehead atoms. The third-order valence-electron chi connectivity index (χ3n) is 3.96. The summed E-state index contributed by atoms with van der Waals surface area (Å²) in [6, 6.07) is -2.02. The first-order valence-electron chi connectivity index (χ1n) is 9.79. The molecule has 0 aromatic rings. The highest BCUT2D eigenvalue weighted by Crippen LogP contribution is 2.10. The Morgan fingerprint density at radius 3 is 1.48 bits per heavy atom. The minimum atomic E-state index is -0.754. The molecule has 0 radical (unpaired) electrons. The Bertz CT molecular complexity index is 503. The molecular weight excluding hydrogens is 346 g/mol. The van der Waals surface area contributed by atoms with Crippen LogP contribution in [0.2, 0.25) is 0 Å². The predicted octanol–water partition coefficient (Wildman–Crippen LogP) is 1.80. The molecule has 156 valence electrons. The molecule has 0 saturated carbocycles. The zero-order valence-corrected chi connectivity index (χ0v) is 17.8. The van der Waals surface area contributed by atoms with Gasteiger partial charge in [-0.25, -0.2) is 0 Å². The summed E-state index contributed by atoms with van der Waals surface area (Å²) < 4.78 is 0. The van der Waals surface area contributed by atoms with Gasteiger partial charge in [0.25, 0.3) is 0 Å². The summed E-state index contributed by atoms with van der Waals surface area (Å²) in [5, 5.41) is 8.13. The predicted molar refractivity (Wildman–Crippen MR) is 106 cm³/mol. The Kier molecular flexibility index (Phi) is 11.6. The van der Waals surface area contributed by atoms with E-state index in [2.05, 4.69) is 16.0 Å². The van der Waals surface area contributed by atoms with E-state index in [0.717, 1.165) is 6.29 Å². The van der Waals surface area contributed by atoms with Crippen molar-refractivity contribution in [1.29, 1.82) is 0 Å². The summed E-state index contributed by atoms with van der Waals surface area (Å²) in [4.78, 5) is 48.0. The van der Waals surface area contributed by atoms with Gasteiger partial charge in [-0.05, 0) is 37.0 Å². The third kappa shape index (κ3) is 11.4. The molecule has 0 unspecified atom stereocenters. The maximum absolute atomic E-state index is 12.7. The van der Waals surface area contributed by atoms with Crippen molar-refractivity contribution in [3.05, 3.63) is 0 Å². The Morgan fingerprint density at radius 2 is 1.11 bits per heavy atom. The third-order valence-corrected chi connectivity index (χ3v) is 3.96. The summed E-state index contributed by atoms with van der Waals surface area (Å²) in [7, 11) is 0. The molecule has 7 nitrogen and oxygen atoms in total. The number of hydrogen-bond donors (Lipinski definition) is 3. The molecule has 0 aliphatic carbocycles. The van der Waals surface area contributed by atoms with Gasteiger partial charge in [0.15, 0.2) is 0 Å². The Hall–Kier alpha value is -1.92. The molecule has 0 aliphatic rings. The van der Waals surface area contributed by atoms with Crippen LogP contribution in [0.1, 0.15) is 67.7 Å². The van der Waals surface area contributed by atoms with E-state index >= 15 is 0 Å². The number of rotatable bonds is 12. The van der Waals surface area contributed by atoms with E-state index in [9.17, 15) is 19.2 Å². The van der Waals surface area contributed by atoms with Gasteiger partial charge in [-0.2, -0.15) is 0 Å². The Morgan fingerprint density at radius 1 is 0.704 bits per heavy atom. The van der Waals surface area contributed by atoms with Crippen molar-refractivity contribution in [2.75, 3.05) is 0 Å². The molecule has 0 aromatic heterocycles. The molecule has 3 N–H and O–H groups in total. The topological polar surface area (TPSA) is 104 Å². The van der Waals surface area contributed by atoms with Gasteiger partial charge in [0.2, 0.25) is 17.7 Å². The van der Waals surface area contributed by atoms with E-state index in [1.165, 1.54) is 6.92 Å². The van der Waals surface area contributed by atoms with Crippen LogP contribution < -0.4 is 16.0 Å². The lowest BCUT2D eigenvalue weighted by Crippen LogP contribution is -2.55. The lowest BCUT2D eigenvalue weighted by atomic mass is 9.99. The standard InChI is InChI=1S/C20H37N3O4/c1-12(2)8-16(11-24)22-19(26)18(10-14(5)6)23-20(27)17(9-13(3)4)21-15(7)25/h11-14,16-18H,8-10H2,1-7H3,(H,21,25)(H,22,26)(H,23,27)/t16-,17+,18-/m1/s1. The molecule has 0 fully saturated rings. The number of carbonyl (C=O) groups is 4. The van der Waals surface area contributed by atoms with Crippen molar-refractivity contribution in [3.8, 4) is 0 Å². The molecule has 0 heterocycles. The van der Waals surface area contributed by atoms with E-state index in [1.807, 2.05) is 41.5 Å². The second kappa shape index (κ2) is 12.5. The van der Waals surface area contributed by atoms with Crippen LogP contribution in [-0.4, -0.2) is 42.1 Å². The lowest BCUT2D eigenvalue weighted by Gasteiger charge is -2.26. The van der Waals surface area contributed by atoms with Gasteiger partial charge in [-0.3, -0.25) is 14.4 Å². The van der Waals surface area contributed by atoms with Crippen LogP contribution in [0.3, 0.4) is 0 Å². The molecule has 3 atom stereocenters. The largest absolute Gasteiger partial charge is 0.345 e. The molecule has 7 heteroatoms. The fourth-order valence-electron chi connectivity index (χ4n) is 2.86. The molecule has 0 spiro atoms. The number of nitrogens with one attached hydrogen (secondary N) is 3. The average molecular weight is 384 g/mol. The lowest BCUT2D eigenvalue weighted by molar-refractivity contribution is -0.133. The maximum Gasteiger partial charge on any atom is 0.243 e. The van der Waals surface area contributed by atoms with Gasteiger partial charge in [0.1, 0.15) is 18.4 Å². The quantitative estimate of drug-likeness (QED) is 0.447. The van der Waals surface area contributed by atoms with Crippen LogP contribution in [0, 0.1) is 17.8 Å². The number of amides is 3. The summed E-state index contributed by atoms with van der Waals surface area (Å²) in [5.41, 5.74) is 0. The highest BCUT2D eigenvalue weighted by Gasteiger charge is 2.28.